The van der Waals surface area contributed by atoms with Crippen LogP contribution in [0.1, 0.15) is 61.8 Å². The van der Waals surface area contributed by atoms with E-state index >= 15 is 0 Å². The summed E-state index contributed by atoms with van der Waals surface area (Å²) in [6.45, 7) is 3.40. The maximum Gasteiger partial charge on any atom is 0.234 e. The van der Waals surface area contributed by atoms with Crippen molar-refractivity contribution < 1.29 is 0 Å². The van der Waals surface area contributed by atoms with Crippen molar-refractivity contribution in [1.29, 1.82) is 0 Å². The number of nitrogens with one attached hydrogen (secondary N) is 1. The van der Waals surface area contributed by atoms with E-state index < -0.39 is 0 Å². The van der Waals surface area contributed by atoms with Gasteiger partial charge >= 0.3 is 0 Å². The topological polar surface area (TPSA) is 55.1 Å². The van der Waals surface area contributed by atoms with Gasteiger partial charge in [0.15, 0.2) is 5.82 Å². The molecular formula is C13H19N5S. The third-order valence-corrected chi connectivity index (χ3v) is 5.53. The average molecular weight is 277 g/mol. The van der Waals surface area contributed by atoms with E-state index in [1.807, 2.05) is 4.52 Å². The minimum Gasteiger partial charge on any atom is -0.308 e. The molecule has 2 atom stereocenters. The van der Waals surface area contributed by atoms with Crippen molar-refractivity contribution in [2.45, 2.75) is 51.0 Å². The van der Waals surface area contributed by atoms with Crippen molar-refractivity contribution in [2.75, 3.05) is 6.54 Å². The first-order chi connectivity index (χ1) is 9.33. The van der Waals surface area contributed by atoms with Crippen molar-refractivity contribution in [2.24, 2.45) is 5.92 Å². The van der Waals surface area contributed by atoms with Crippen LogP contribution in [0.15, 0.2) is 0 Å². The number of hydrogen-bond donors (Lipinski definition) is 1. The normalized spacial score (nSPS) is 28.7. The molecule has 1 aliphatic heterocycles. The molecule has 2 aliphatic rings. The van der Waals surface area contributed by atoms with Crippen LogP contribution in [0.3, 0.4) is 0 Å². The lowest BCUT2D eigenvalue weighted by Gasteiger charge is -2.11. The van der Waals surface area contributed by atoms with E-state index in [9.17, 15) is 0 Å². The highest BCUT2D eigenvalue weighted by Gasteiger charge is 2.29. The Morgan fingerprint density at radius 1 is 1.21 bits per heavy atom. The number of nitrogens with zero attached hydrogens (tertiary/aromatic N) is 4. The Kier molecular flexibility index (Phi) is 2.81. The summed E-state index contributed by atoms with van der Waals surface area (Å²) in [4.78, 5) is 0.956. The summed E-state index contributed by atoms with van der Waals surface area (Å²) in [6, 6.07) is 0.406. The molecule has 0 amide bonds. The zero-order valence-electron chi connectivity index (χ0n) is 11.2. The van der Waals surface area contributed by atoms with Gasteiger partial charge in [-0.2, -0.15) is 9.61 Å². The molecule has 5 nitrogen and oxygen atoms in total. The molecule has 102 valence electrons. The Balaban J connectivity index is 1.71. The summed E-state index contributed by atoms with van der Waals surface area (Å²) in [7, 11) is 0. The van der Waals surface area contributed by atoms with E-state index in [2.05, 4.69) is 22.4 Å². The summed E-state index contributed by atoms with van der Waals surface area (Å²) in [5.74, 6) is 2.32. The van der Waals surface area contributed by atoms with Gasteiger partial charge in [0.25, 0.3) is 0 Å². The highest BCUT2D eigenvalue weighted by molar-refractivity contribution is 7.16. The Hall–Kier alpha value is -1.01. The summed E-state index contributed by atoms with van der Waals surface area (Å²) >= 11 is 1.69. The molecule has 19 heavy (non-hydrogen) atoms. The van der Waals surface area contributed by atoms with Gasteiger partial charge in [-0.15, -0.1) is 10.2 Å². The molecule has 1 aliphatic carbocycles. The highest BCUT2D eigenvalue weighted by Crippen LogP contribution is 2.35. The van der Waals surface area contributed by atoms with Gasteiger partial charge in [-0.1, -0.05) is 31.1 Å². The van der Waals surface area contributed by atoms with Crippen LogP contribution >= 0.6 is 11.3 Å². The summed E-state index contributed by atoms with van der Waals surface area (Å²) in [5, 5.41) is 18.2. The number of fused-ring (bicyclic) bond motifs is 1. The largest absolute Gasteiger partial charge is 0.308 e. The fourth-order valence-corrected chi connectivity index (χ4v) is 4.43. The summed E-state index contributed by atoms with van der Waals surface area (Å²) < 4.78 is 2.00. The van der Waals surface area contributed by atoms with Gasteiger partial charge < -0.3 is 5.32 Å². The zero-order valence-corrected chi connectivity index (χ0v) is 12.0. The molecule has 0 radical (unpaired) electrons. The van der Waals surface area contributed by atoms with Gasteiger partial charge in [0, 0.05) is 5.92 Å². The van der Waals surface area contributed by atoms with Crippen molar-refractivity contribution in [3.63, 3.8) is 0 Å². The van der Waals surface area contributed by atoms with E-state index in [0.29, 0.717) is 17.9 Å². The quantitative estimate of drug-likeness (QED) is 0.916. The van der Waals surface area contributed by atoms with Crippen molar-refractivity contribution in [1.82, 2.24) is 25.1 Å². The molecule has 0 aromatic carbocycles. The van der Waals surface area contributed by atoms with Gasteiger partial charge in [0.1, 0.15) is 5.01 Å². The van der Waals surface area contributed by atoms with Crippen molar-refractivity contribution in [3.05, 3.63) is 10.8 Å². The maximum atomic E-state index is 4.80. The van der Waals surface area contributed by atoms with Gasteiger partial charge in [0.05, 0.1) is 6.04 Å². The first kappa shape index (κ1) is 11.8. The second-order valence-corrected chi connectivity index (χ2v) is 6.86. The second-order valence-electron chi connectivity index (χ2n) is 5.87. The Morgan fingerprint density at radius 3 is 2.79 bits per heavy atom. The fraction of sp³-hybridized carbons (Fsp3) is 0.769. The smallest absolute Gasteiger partial charge is 0.234 e. The monoisotopic (exact) mass is 277 g/mol. The van der Waals surface area contributed by atoms with Gasteiger partial charge in [-0.3, -0.25) is 0 Å². The Bertz CT molecular complexity index is 583. The van der Waals surface area contributed by atoms with E-state index in [1.54, 1.807) is 11.3 Å². The second kappa shape index (κ2) is 4.52. The van der Waals surface area contributed by atoms with Crippen LogP contribution in [0.2, 0.25) is 0 Å². The molecule has 2 aromatic rings. The maximum absolute atomic E-state index is 4.80. The van der Waals surface area contributed by atoms with E-state index in [4.69, 9.17) is 5.10 Å². The number of aromatic nitrogens is 4. The fourth-order valence-electron chi connectivity index (χ4n) is 3.38. The van der Waals surface area contributed by atoms with Crippen LogP contribution in [-0.2, 0) is 0 Å². The molecule has 0 bridgehead atoms. The lowest BCUT2D eigenvalue weighted by atomic mass is 10.0. The highest BCUT2D eigenvalue weighted by atomic mass is 32.1. The first-order valence-corrected chi connectivity index (χ1v) is 8.10. The predicted molar refractivity (Wildman–Crippen MR) is 74.4 cm³/mol. The third kappa shape index (κ3) is 1.89. The first-order valence-electron chi connectivity index (χ1n) is 7.28. The van der Waals surface area contributed by atoms with Crippen LogP contribution in [0.25, 0.3) is 4.96 Å². The summed E-state index contributed by atoms with van der Waals surface area (Å²) in [5.41, 5.74) is 0. The summed E-state index contributed by atoms with van der Waals surface area (Å²) in [6.07, 6.45) is 6.35. The van der Waals surface area contributed by atoms with E-state index in [0.717, 1.165) is 17.3 Å². The molecule has 3 heterocycles. The van der Waals surface area contributed by atoms with Gasteiger partial charge in [0.2, 0.25) is 4.96 Å². The SMILES string of the molecule is CC1CCNC1c1nn2c(C3CCCC3)nnc2s1. The van der Waals surface area contributed by atoms with Crippen molar-refractivity contribution in [3.8, 4) is 0 Å². The molecular weight excluding hydrogens is 258 g/mol. The molecule has 2 fully saturated rings. The molecule has 4 rings (SSSR count). The molecule has 1 saturated heterocycles. The van der Waals surface area contributed by atoms with Crippen LogP contribution in [0.4, 0.5) is 0 Å². The molecule has 2 aromatic heterocycles. The Labute approximate surface area is 116 Å². The average Bonchev–Trinajstić information content (AvgIpc) is 3.10. The van der Waals surface area contributed by atoms with Gasteiger partial charge in [-0.05, 0) is 31.7 Å². The molecule has 1 N–H and O–H groups in total. The van der Waals surface area contributed by atoms with Crippen molar-refractivity contribution >= 4 is 16.3 Å². The zero-order chi connectivity index (χ0) is 12.8. The molecule has 6 heteroatoms. The van der Waals surface area contributed by atoms with E-state index in [-0.39, 0.29) is 0 Å². The minimum atomic E-state index is 0.406. The predicted octanol–water partition coefficient (Wildman–Crippen LogP) is 2.51. The number of hydrogen-bond acceptors (Lipinski definition) is 5. The molecule has 0 spiro atoms. The van der Waals surface area contributed by atoms with Gasteiger partial charge in [-0.25, -0.2) is 0 Å². The van der Waals surface area contributed by atoms with Crippen LogP contribution in [-0.4, -0.2) is 26.4 Å². The standard InChI is InChI=1S/C13H19N5S/c1-8-6-7-14-10(8)12-17-18-11(9-4-2-3-5-9)15-16-13(18)19-12/h8-10,14H,2-7H2,1H3. The number of rotatable bonds is 2. The van der Waals surface area contributed by atoms with Crippen LogP contribution < -0.4 is 5.32 Å². The lowest BCUT2D eigenvalue weighted by molar-refractivity contribution is 0.494. The van der Waals surface area contributed by atoms with Crippen LogP contribution in [0, 0.1) is 5.92 Å². The van der Waals surface area contributed by atoms with Crippen LogP contribution in [0.5, 0.6) is 0 Å². The van der Waals surface area contributed by atoms with E-state index in [1.165, 1.54) is 37.1 Å². The lowest BCUT2D eigenvalue weighted by Crippen LogP contribution is -2.16. The molecule has 2 unspecified atom stereocenters. The Morgan fingerprint density at radius 2 is 2.05 bits per heavy atom. The minimum absolute atomic E-state index is 0.406. The molecule has 1 saturated carbocycles. The third-order valence-electron chi connectivity index (χ3n) is 4.55.